The molecule has 1 heterocycles. The van der Waals surface area contributed by atoms with Crippen LogP contribution in [0.15, 0.2) is 36.5 Å². The van der Waals surface area contributed by atoms with Gasteiger partial charge in [-0.25, -0.2) is 4.68 Å². The minimum Gasteiger partial charge on any atom is -0.497 e. The minimum atomic E-state index is 0.582. The van der Waals surface area contributed by atoms with Crippen LogP contribution in [-0.2, 0) is 0 Å². The average Bonchev–Trinajstić information content (AvgIpc) is 2.65. The summed E-state index contributed by atoms with van der Waals surface area (Å²) >= 11 is 5.93. The van der Waals surface area contributed by atoms with Crippen molar-refractivity contribution in [1.29, 1.82) is 0 Å². The Hall–Kier alpha value is -1.48. The third-order valence-electron chi connectivity index (χ3n) is 1.89. The Balaban J connectivity index is 2.47. The van der Waals surface area contributed by atoms with Crippen molar-refractivity contribution in [2.45, 2.75) is 0 Å². The van der Waals surface area contributed by atoms with E-state index in [4.69, 9.17) is 16.3 Å². The summed E-state index contributed by atoms with van der Waals surface area (Å²) in [4.78, 5) is 0. The van der Waals surface area contributed by atoms with Crippen LogP contribution in [-0.4, -0.2) is 16.9 Å². The van der Waals surface area contributed by atoms with Crippen molar-refractivity contribution in [2.24, 2.45) is 0 Å². The van der Waals surface area contributed by atoms with Gasteiger partial charge in [-0.15, -0.1) is 0 Å². The summed E-state index contributed by atoms with van der Waals surface area (Å²) in [6, 6.07) is 9.30. The van der Waals surface area contributed by atoms with Crippen molar-refractivity contribution in [2.75, 3.05) is 7.11 Å². The van der Waals surface area contributed by atoms with E-state index < -0.39 is 0 Å². The molecule has 1 aromatic heterocycles. The Morgan fingerprint density at radius 3 is 2.86 bits per heavy atom. The molecule has 0 N–H and O–H groups in total. The first-order valence-corrected chi connectivity index (χ1v) is 4.53. The van der Waals surface area contributed by atoms with Crippen LogP contribution in [0.3, 0.4) is 0 Å². The molecule has 0 amide bonds. The van der Waals surface area contributed by atoms with E-state index in [-0.39, 0.29) is 0 Å². The van der Waals surface area contributed by atoms with Crippen LogP contribution in [0.2, 0.25) is 5.15 Å². The quantitative estimate of drug-likeness (QED) is 0.759. The van der Waals surface area contributed by atoms with Crippen molar-refractivity contribution in [3.63, 3.8) is 0 Å². The van der Waals surface area contributed by atoms with Crippen LogP contribution in [0.25, 0.3) is 5.69 Å². The Bertz CT molecular complexity index is 439. The molecule has 0 saturated heterocycles. The zero-order valence-electron chi connectivity index (χ0n) is 7.64. The number of hydrogen-bond donors (Lipinski definition) is 0. The fourth-order valence-electron chi connectivity index (χ4n) is 1.22. The second kappa shape index (κ2) is 3.72. The van der Waals surface area contributed by atoms with Crippen molar-refractivity contribution in [3.05, 3.63) is 41.7 Å². The summed E-state index contributed by atoms with van der Waals surface area (Å²) in [5, 5.41) is 4.67. The highest BCUT2D eigenvalue weighted by atomic mass is 35.5. The summed E-state index contributed by atoms with van der Waals surface area (Å²) in [6.45, 7) is 0. The Morgan fingerprint density at radius 2 is 2.21 bits per heavy atom. The Kier molecular flexibility index (Phi) is 2.41. The minimum absolute atomic E-state index is 0.582. The molecule has 0 fully saturated rings. The van der Waals surface area contributed by atoms with Gasteiger partial charge in [0.15, 0.2) is 0 Å². The van der Waals surface area contributed by atoms with Gasteiger partial charge >= 0.3 is 0 Å². The second-order valence-electron chi connectivity index (χ2n) is 2.77. The molecule has 0 bridgehead atoms. The van der Waals surface area contributed by atoms with Gasteiger partial charge in [-0.05, 0) is 18.2 Å². The zero-order chi connectivity index (χ0) is 9.97. The second-order valence-corrected chi connectivity index (χ2v) is 3.15. The first-order chi connectivity index (χ1) is 6.81. The molecule has 14 heavy (non-hydrogen) atoms. The van der Waals surface area contributed by atoms with Crippen LogP contribution in [0.1, 0.15) is 0 Å². The SMILES string of the molecule is COc1cccc(-n2nccc2Cl)c1. The topological polar surface area (TPSA) is 27.1 Å². The van der Waals surface area contributed by atoms with Crippen LogP contribution in [0.4, 0.5) is 0 Å². The lowest BCUT2D eigenvalue weighted by molar-refractivity contribution is 0.414. The molecule has 0 spiro atoms. The van der Waals surface area contributed by atoms with Crippen molar-refractivity contribution in [3.8, 4) is 11.4 Å². The molecular weight excluding hydrogens is 200 g/mol. The molecule has 4 heteroatoms. The third kappa shape index (κ3) is 1.59. The number of ether oxygens (including phenoxy) is 1. The lowest BCUT2D eigenvalue weighted by Crippen LogP contribution is -1.96. The summed E-state index contributed by atoms with van der Waals surface area (Å²) in [5.41, 5.74) is 0.888. The van der Waals surface area contributed by atoms with Gasteiger partial charge in [0.2, 0.25) is 0 Å². The van der Waals surface area contributed by atoms with E-state index >= 15 is 0 Å². The molecule has 0 radical (unpaired) electrons. The number of nitrogens with zero attached hydrogens (tertiary/aromatic N) is 2. The first kappa shape index (κ1) is 9.09. The van der Waals surface area contributed by atoms with Crippen molar-refractivity contribution >= 4 is 11.6 Å². The fraction of sp³-hybridized carbons (Fsp3) is 0.100. The Morgan fingerprint density at radius 1 is 1.36 bits per heavy atom. The van der Waals surface area contributed by atoms with Crippen LogP contribution in [0.5, 0.6) is 5.75 Å². The van der Waals surface area contributed by atoms with Gasteiger partial charge in [0.1, 0.15) is 10.9 Å². The van der Waals surface area contributed by atoms with Gasteiger partial charge in [-0.2, -0.15) is 5.10 Å². The number of rotatable bonds is 2. The maximum atomic E-state index is 5.93. The lowest BCUT2D eigenvalue weighted by Gasteiger charge is -2.04. The fourth-order valence-corrected chi connectivity index (χ4v) is 1.42. The summed E-state index contributed by atoms with van der Waals surface area (Å²) in [7, 11) is 1.63. The maximum Gasteiger partial charge on any atom is 0.132 e. The molecular formula is C10H9ClN2O. The largest absolute Gasteiger partial charge is 0.497 e. The van der Waals surface area contributed by atoms with E-state index in [0.29, 0.717) is 5.15 Å². The molecule has 0 aliphatic carbocycles. The monoisotopic (exact) mass is 208 g/mol. The van der Waals surface area contributed by atoms with Crippen LogP contribution < -0.4 is 4.74 Å². The van der Waals surface area contributed by atoms with Crippen molar-refractivity contribution in [1.82, 2.24) is 9.78 Å². The maximum absolute atomic E-state index is 5.93. The molecule has 2 rings (SSSR count). The van der Waals surface area contributed by atoms with Gasteiger partial charge in [0, 0.05) is 6.07 Å². The zero-order valence-corrected chi connectivity index (χ0v) is 8.40. The standard InChI is InChI=1S/C10H9ClN2O/c1-14-9-4-2-3-8(7-9)13-10(11)5-6-12-13/h2-7H,1H3. The predicted molar refractivity (Wildman–Crippen MR) is 55.1 cm³/mol. The van der Waals surface area contributed by atoms with Gasteiger partial charge in [-0.1, -0.05) is 17.7 Å². The van der Waals surface area contributed by atoms with E-state index in [9.17, 15) is 0 Å². The van der Waals surface area contributed by atoms with Gasteiger partial charge in [0.25, 0.3) is 0 Å². The number of hydrogen-bond acceptors (Lipinski definition) is 2. The van der Waals surface area contributed by atoms with Gasteiger partial charge < -0.3 is 4.74 Å². The smallest absolute Gasteiger partial charge is 0.132 e. The number of benzene rings is 1. The summed E-state index contributed by atoms with van der Waals surface area (Å²) in [5.74, 6) is 0.786. The van der Waals surface area contributed by atoms with E-state index in [2.05, 4.69) is 5.10 Å². The van der Waals surface area contributed by atoms with E-state index in [1.165, 1.54) is 0 Å². The molecule has 2 aromatic rings. The lowest BCUT2D eigenvalue weighted by atomic mass is 10.3. The molecule has 0 aliphatic rings. The van der Waals surface area contributed by atoms with E-state index in [0.717, 1.165) is 11.4 Å². The molecule has 72 valence electrons. The molecule has 3 nitrogen and oxygen atoms in total. The Labute approximate surface area is 86.9 Å². The normalized spacial score (nSPS) is 10.1. The molecule has 0 saturated carbocycles. The van der Waals surface area contributed by atoms with Crippen LogP contribution in [0, 0.1) is 0 Å². The van der Waals surface area contributed by atoms with Gasteiger partial charge in [0.05, 0.1) is 19.0 Å². The average molecular weight is 209 g/mol. The highest BCUT2D eigenvalue weighted by molar-refractivity contribution is 6.29. The first-order valence-electron chi connectivity index (χ1n) is 4.15. The molecule has 0 atom stereocenters. The number of halogens is 1. The summed E-state index contributed by atoms with van der Waals surface area (Å²) < 4.78 is 6.75. The van der Waals surface area contributed by atoms with Crippen LogP contribution >= 0.6 is 11.6 Å². The third-order valence-corrected chi connectivity index (χ3v) is 2.18. The molecule has 1 aromatic carbocycles. The van der Waals surface area contributed by atoms with E-state index in [1.54, 1.807) is 24.1 Å². The molecule has 0 aliphatic heterocycles. The number of methoxy groups -OCH3 is 1. The number of aromatic nitrogens is 2. The van der Waals surface area contributed by atoms with E-state index in [1.807, 2.05) is 24.3 Å². The van der Waals surface area contributed by atoms with Crippen molar-refractivity contribution < 1.29 is 4.74 Å². The highest BCUT2D eigenvalue weighted by Crippen LogP contribution is 2.19. The predicted octanol–water partition coefficient (Wildman–Crippen LogP) is 2.53. The summed E-state index contributed by atoms with van der Waals surface area (Å²) in [6.07, 6.45) is 1.65. The molecule has 0 unspecified atom stereocenters. The highest BCUT2D eigenvalue weighted by Gasteiger charge is 2.02. The van der Waals surface area contributed by atoms with Gasteiger partial charge in [-0.3, -0.25) is 0 Å².